The van der Waals surface area contributed by atoms with Crippen LogP contribution < -0.4 is 5.32 Å². The van der Waals surface area contributed by atoms with Crippen LogP contribution in [0, 0.1) is 0 Å². The molecule has 0 aromatic carbocycles. The molecular formula is C11H18ClN3. The summed E-state index contributed by atoms with van der Waals surface area (Å²) in [5.74, 6) is 0. The molecule has 0 bridgehead atoms. The van der Waals surface area contributed by atoms with Gasteiger partial charge in [0, 0.05) is 17.8 Å². The average molecular weight is 228 g/mol. The lowest BCUT2D eigenvalue weighted by molar-refractivity contribution is 0.317. The fourth-order valence-electron chi connectivity index (χ4n) is 1.42. The zero-order chi connectivity index (χ0) is 11.1. The normalized spacial score (nSPS) is 10.9. The van der Waals surface area contributed by atoms with Crippen molar-refractivity contribution in [3.63, 3.8) is 0 Å². The van der Waals surface area contributed by atoms with E-state index in [0.29, 0.717) is 0 Å². The monoisotopic (exact) mass is 227 g/mol. The predicted octanol–water partition coefficient (Wildman–Crippen LogP) is 1.78. The first-order valence-electron chi connectivity index (χ1n) is 5.16. The molecule has 0 radical (unpaired) electrons. The fraction of sp³-hybridized carbons (Fsp3) is 0.545. The van der Waals surface area contributed by atoms with Gasteiger partial charge in [0.1, 0.15) is 0 Å². The average Bonchev–Trinajstić information content (AvgIpc) is 2.18. The highest BCUT2D eigenvalue weighted by molar-refractivity contribution is 6.30. The molecular weight excluding hydrogens is 210 g/mol. The van der Waals surface area contributed by atoms with E-state index in [1.54, 1.807) is 12.3 Å². The van der Waals surface area contributed by atoms with E-state index in [0.717, 1.165) is 36.8 Å². The summed E-state index contributed by atoms with van der Waals surface area (Å²) in [5.41, 5.74) is 1.02. The Balaban J connectivity index is 2.34. The number of aromatic nitrogens is 1. The minimum absolute atomic E-state index is 0.753. The second-order valence-electron chi connectivity index (χ2n) is 3.66. The van der Waals surface area contributed by atoms with Crippen LogP contribution in [0.2, 0.25) is 5.02 Å². The van der Waals surface area contributed by atoms with Gasteiger partial charge in [-0.2, -0.15) is 0 Å². The summed E-state index contributed by atoms with van der Waals surface area (Å²) >= 11 is 5.89. The molecule has 1 N–H and O–H groups in total. The van der Waals surface area contributed by atoms with Gasteiger partial charge >= 0.3 is 0 Å². The molecule has 84 valence electrons. The van der Waals surface area contributed by atoms with E-state index in [1.807, 2.05) is 13.1 Å². The highest BCUT2D eigenvalue weighted by Crippen LogP contribution is 2.09. The second kappa shape index (κ2) is 6.77. The maximum Gasteiger partial charge on any atom is 0.0558 e. The predicted molar refractivity (Wildman–Crippen MR) is 64.1 cm³/mol. The van der Waals surface area contributed by atoms with Crippen molar-refractivity contribution in [1.82, 2.24) is 15.2 Å². The molecule has 15 heavy (non-hydrogen) atoms. The fourth-order valence-corrected chi connectivity index (χ4v) is 1.60. The van der Waals surface area contributed by atoms with Crippen LogP contribution in [-0.2, 0) is 6.54 Å². The molecule has 4 heteroatoms. The van der Waals surface area contributed by atoms with E-state index in [-0.39, 0.29) is 0 Å². The summed E-state index contributed by atoms with van der Waals surface area (Å²) < 4.78 is 0. The quantitative estimate of drug-likeness (QED) is 0.751. The van der Waals surface area contributed by atoms with E-state index in [9.17, 15) is 0 Å². The number of halogens is 1. The van der Waals surface area contributed by atoms with Crippen molar-refractivity contribution < 1.29 is 0 Å². The van der Waals surface area contributed by atoms with Gasteiger partial charge in [0.25, 0.3) is 0 Å². The van der Waals surface area contributed by atoms with Crippen LogP contribution in [-0.4, -0.2) is 37.1 Å². The summed E-state index contributed by atoms with van der Waals surface area (Å²) in [6, 6.07) is 3.71. The van der Waals surface area contributed by atoms with E-state index >= 15 is 0 Å². The molecule has 0 spiro atoms. The zero-order valence-electron chi connectivity index (χ0n) is 9.33. The van der Waals surface area contributed by atoms with Crippen LogP contribution in [0.15, 0.2) is 18.3 Å². The summed E-state index contributed by atoms with van der Waals surface area (Å²) in [6.07, 6.45) is 2.90. The van der Waals surface area contributed by atoms with Gasteiger partial charge in [-0.3, -0.25) is 4.98 Å². The van der Waals surface area contributed by atoms with E-state index < -0.39 is 0 Å². The Bertz CT molecular complexity index is 291. The van der Waals surface area contributed by atoms with Gasteiger partial charge in [0.05, 0.1) is 5.69 Å². The molecule has 1 heterocycles. The smallest absolute Gasteiger partial charge is 0.0558 e. The number of pyridine rings is 1. The Hall–Kier alpha value is -0.640. The van der Waals surface area contributed by atoms with Gasteiger partial charge in [0.15, 0.2) is 0 Å². The van der Waals surface area contributed by atoms with Crippen molar-refractivity contribution in [3.05, 3.63) is 29.0 Å². The molecule has 1 aromatic rings. The maximum atomic E-state index is 5.89. The Morgan fingerprint density at radius 2 is 2.33 bits per heavy atom. The van der Waals surface area contributed by atoms with Gasteiger partial charge in [-0.1, -0.05) is 11.6 Å². The van der Waals surface area contributed by atoms with Gasteiger partial charge in [0.2, 0.25) is 0 Å². The van der Waals surface area contributed by atoms with Gasteiger partial charge in [-0.25, -0.2) is 0 Å². The molecule has 1 rings (SSSR count). The van der Waals surface area contributed by atoms with Crippen LogP contribution in [0.4, 0.5) is 0 Å². The first kappa shape index (κ1) is 12.4. The summed E-state index contributed by atoms with van der Waals surface area (Å²) in [4.78, 5) is 6.51. The lowest BCUT2D eigenvalue weighted by Crippen LogP contribution is -2.22. The second-order valence-corrected chi connectivity index (χ2v) is 4.10. The number of nitrogens with zero attached hydrogens (tertiary/aromatic N) is 2. The number of hydrogen-bond donors (Lipinski definition) is 1. The maximum absolute atomic E-state index is 5.89. The van der Waals surface area contributed by atoms with Crippen molar-refractivity contribution in [1.29, 1.82) is 0 Å². The number of rotatable bonds is 6. The first-order chi connectivity index (χ1) is 7.22. The van der Waals surface area contributed by atoms with Gasteiger partial charge in [-0.05, 0) is 45.7 Å². The summed E-state index contributed by atoms with van der Waals surface area (Å²) in [6.45, 7) is 2.96. The third-order valence-electron chi connectivity index (χ3n) is 2.18. The van der Waals surface area contributed by atoms with E-state index in [1.165, 1.54) is 0 Å². The summed E-state index contributed by atoms with van der Waals surface area (Å²) in [7, 11) is 4.07. The van der Waals surface area contributed by atoms with Crippen molar-refractivity contribution in [3.8, 4) is 0 Å². The van der Waals surface area contributed by atoms with Crippen molar-refractivity contribution >= 4 is 11.6 Å². The molecule has 3 nitrogen and oxygen atoms in total. The molecule has 0 aliphatic rings. The molecule has 0 aliphatic carbocycles. The van der Waals surface area contributed by atoms with Crippen LogP contribution in [0.3, 0.4) is 0 Å². The molecule has 0 amide bonds. The van der Waals surface area contributed by atoms with Gasteiger partial charge < -0.3 is 10.2 Å². The SMILES string of the molecule is CNCCCN(C)Cc1cc(Cl)ccn1. The molecule has 0 saturated heterocycles. The van der Waals surface area contributed by atoms with Crippen LogP contribution in [0.1, 0.15) is 12.1 Å². The minimum atomic E-state index is 0.753. The third-order valence-corrected chi connectivity index (χ3v) is 2.41. The Kier molecular flexibility index (Phi) is 5.61. The topological polar surface area (TPSA) is 28.2 Å². The summed E-state index contributed by atoms with van der Waals surface area (Å²) in [5, 5.41) is 3.89. The molecule has 0 unspecified atom stereocenters. The highest BCUT2D eigenvalue weighted by Gasteiger charge is 2.01. The minimum Gasteiger partial charge on any atom is -0.320 e. The van der Waals surface area contributed by atoms with Gasteiger partial charge in [-0.15, -0.1) is 0 Å². The molecule has 0 fully saturated rings. The Morgan fingerprint density at radius 3 is 3.00 bits per heavy atom. The van der Waals surface area contributed by atoms with Crippen LogP contribution >= 0.6 is 11.6 Å². The zero-order valence-corrected chi connectivity index (χ0v) is 10.1. The number of hydrogen-bond acceptors (Lipinski definition) is 3. The van der Waals surface area contributed by atoms with Crippen molar-refractivity contribution in [2.75, 3.05) is 27.2 Å². The lowest BCUT2D eigenvalue weighted by Gasteiger charge is -2.15. The van der Waals surface area contributed by atoms with Crippen molar-refractivity contribution in [2.45, 2.75) is 13.0 Å². The highest BCUT2D eigenvalue weighted by atomic mass is 35.5. The first-order valence-corrected chi connectivity index (χ1v) is 5.53. The van der Waals surface area contributed by atoms with E-state index in [4.69, 9.17) is 11.6 Å². The van der Waals surface area contributed by atoms with Crippen molar-refractivity contribution in [2.24, 2.45) is 0 Å². The molecule has 0 aliphatic heterocycles. The van der Waals surface area contributed by atoms with Crippen LogP contribution in [0.5, 0.6) is 0 Å². The standard InChI is InChI=1S/C11H18ClN3/c1-13-5-3-7-15(2)9-11-8-10(12)4-6-14-11/h4,6,8,13H,3,5,7,9H2,1-2H3. The lowest BCUT2D eigenvalue weighted by atomic mass is 10.3. The molecule has 0 atom stereocenters. The third kappa shape index (κ3) is 5.11. The molecule has 0 saturated carbocycles. The number of nitrogens with one attached hydrogen (secondary N) is 1. The largest absolute Gasteiger partial charge is 0.320 e. The molecule has 1 aromatic heterocycles. The Morgan fingerprint density at radius 1 is 1.53 bits per heavy atom. The van der Waals surface area contributed by atoms with Crippen LogP contribution in [0.25, 0.3) is 0 Å². The van der Waals surface area contributed by atoms with E-state index in [2.05, 4.69) is 22.2 Å². The Labute approximate surface area is 96.5 Å².